The predicted molar refractivity (Wildman–Crippen MR) is 74.6 cm³/mol. The van der Waals surface area contributed by atoms with Crippen LogP contribution in [-0.4, -0.2) is 54.1 Å². The van der Waals surface area contributed by atoms with E-state index in [-0.39, 0.29) is 0 Å². The number of urea groups is 1. The summed E-state index contributed by atoms with van der Waals surface area (Å²) < 4.78 is 0. The van der Waals surface area contributed by atoms with Gasteiger partial charge in [-0.1, -0.05) is 26.7 Å². The molecule has 20 heavy (non-hydrogen) atoms. The maximum atomic E-state index is 12.4. The van der Waals surface area contributed by atoms with Gasteiger partial charge in [0.25, 0.3) is 0 Å². The highest BCUT2D eigenvalue weighted by atomic mass is 16.2. The largest absolute Gasteiger partial charge is 0.336 e. The summed E-state index contributed by atoms with van der Waals surface area (Å²) in [6.07, 6.45) is 1.98. The number of nitrogens with one attached hydrogen (secondary N) is 2. The topological polar surface area (TPSA) is 81.8 Å². The standard InChI is InChI=1S/C13H24N4O3/c1-5-7-9(14-3)16-11(18)12(19)17(13(16)20)10(15-4)8-6-2/h9-10,14-15H,5-8H2,1-4H3. The Hall–Kier alpha value is -1.47. The monoisotopic (exact) mass is 284 g/mol. The predicted octanol–water partition coefficient (Wildman–Crippen LogP) is 0.468. The number of nitrogens with zero attached hydrogens (tertiary/aromatic N) is 2. The Bertz CT molecular complexity index is 352. The third kappa shape index (κ3) is 2.99. The molecular weight excluding hydrogens is 260 g/mol. The van der Waals surface area contributed by atoms with Crippen LogP contribution >= 0.6 is 0 Å². The Morgan fingerprint density at radius 2 is 1.20 bits per heavy atom. The first-order valence-electron chi connectivity index (χ1n) is 7.08. The van der Waals surface area contributed by atoms with Crippen LogP contribution in [0.3, 0.4) is 0 Å². The highest BCUT2D eigenvalue weighted by molar-refractivity contribution is 6.44. The SMILES string of the molecule is CCCC(NC)N1C(=O)C(=O)N(C(CCC)NC)C1=O. The van der Waals surface area contributed by atoms with E-state index in [9.17, 15) is 14.4 Å². The van der Waals surface area contributed by atoms with E-state index < -0.39 is 30.2 Å². The molecule has 2 atom stereocenters. The molecule has 0 aliphatic carbocycles. The molecule has 1 heterocycles. The molecular formula is C13H24N4O3. The van der Waals surface area contributed by atoms with Crippen molar-refractivity contribution in [1.82, 2.24) is 20.4 Å². The fourth-order valence-corrected chi connectivity index (χ4v) is 2.40. The molecule has 1 rings (SSSR count). The van der Waals surface area contributed by atoms with Gasteiger partial charge in [-0.3, -0.25) is 20.2 Å². The molecule has 0 spiro atoms. The van der Waals surface area contributed by atoms with Crippen molar-refractivity contribution in [1.29, 1.82) is 0 Å². The summed E-state index contributed by atoms with van der Waals surface area (Å²) in [6, 6.07) is -0.541. The molecule has 0 saturated carbocycles. The average molecular weight is 284 g/mol. The normalized spacial score (nSPS) is 18.9. The summed E-state index contributed by atoms with van der Waals surface area (Å²) in [5.41, 5.74) is 0. The molecule has 1 fully saturated rings. The van der Waals surface area contributed by atoms with E-state index in [0.717, 1.165) is 22.6 Å². The molecule has 1 aliphatic heterocycles. The number of carbonyl (C=O) groups excluding carboxylic acids is 3. The lowest BCUT2D eigenvalue weighted by Crippen LogP contribution is -2.51. The molecule has 0 bridgehead atoms. The fourth-order valence-electron chi connectivity index (χ4n) is 2.40. The third-order valence-electron chi connectivity index (χ3n) is 3.45. The van der Waals surface area contributed by atoms with Crippen LogP contribution in [-0.2, 0) is 9.59 Å². The molecule has 114 valence electrons. The van der Waals surface area contributed by atoms with Gasteiger partial charge in [0.15, 0.2) is 0 Å². The average Bonchev–Trinajstić information content (AvgIpc) is 2.65. The van der Waals surface area contributed by atoms with Crippen LogP contribution in [0.25, 0.3) is 0 Å². The van der Waals surface area contributed by atoms with E-state index in [2.05, 4.69) is 10.6 Å². The Balaban J connectivity index is 3.00. The summed E-state index contributed by atoms with van der Waals surface area (Å²) in [6.45, 7) is 3.92. The van der Waals surface area contributed by atoms with E-state index in [1.807, 2.05) is 13.8 Å². The second kappa shape index (κ2) is 7.35. The highest BCUT2D eigenvalue weighted by Crippen LogP contribution is 2.20. The zero-order valence-electron chi connectivity index (χ0n) is 12.6. The van der Waals surface area contributed by atoms with Crippen LogP contribution in [0.4, 0.5) is 4.79 Å². The lowest BCUT2D eigenvalue weighted by atomic mass is 10.2. The summed E-state index contributed by atoms with van der Waals surface area (Å²) in [5.74, 6) is -1.50. The Morgan fingerprint density at radius 3 is 1.45 bits per heavy atom. The summed E-state index contributed by atoms with van der Waals surface area (Å²) >= 11 is 0. The number of rotatable bonds is 8. The number of hydrogen-bond donors (Lipinski definition) is 2. The number of hydrogen-bond acceptors (Lipinski definition) is 5. The van der Waals surface area contributed by atoms with Crippen LogP contribution in [0.5, 0.6) is 0 Å². The number of imide groups is 2. The van der Waals surface area contributed by atoms with Gasteiger partial charge < -0.3 is 0 Å². The van der Waals surface area contributed by atoms with E-state index in [0.29, 0.717) is 12.8 Å². The van der Waals surface area contributed by atoms with E-state index in [1.165, 1.54) is 0 Å². The van der Waals surface area contributed by atoms with Crippen molar-refractivity contribution in [2.45, 2.75) is 51.9 Å². The van der Waals surface area contributed by atoms with Gasteiger partial charge in [0.2, 0.25) is 0 Å². The molecule has 0 aromatic heterocycles. The highest BCUT2D eigenvalue weighted by Gasteiger charge is 2.49. The first-order valence-corrected chi connectivity index (χ1v) is 7.08. The summed E-state index contributed by atoms with van der Waals surface area (Å²) in [5, 5.41) is 5.84. The van der Waals surface area contributed by atoms with Gasteiger partial charge in [0, 0.05) is 0 Å². The van der Waals surface area contributed by atoms with E-state index in [1.54, 1.807) is 14.1 Å². The molecule has 1 aliphatic rings. The molecule has 1 saturated heterocycles. The van der Waals surface area contributed by atoms with Crippen molar-refractivity contribution in [2.24, 2.45) is 0 Å². The first kappa shape index (κ1) is 16.6. The molecule has 0 aromatic carbocycles. The molecule has 7 heteroatoms. The Labute approximate surface area is 119 Å². The third-order valence-corrected chi connectivity index (χ3v) is 3.45. The van der Waals surface area contributed by atoms with Crippen LogP contribution in [0.15, 0.2) is 0 Å². The van der Waals surface area contributed by atoms with Crippen LogP contribution in [0, 0.1) is 0 Å². The molecule has 0 aromatic rings. The lowest BCUT2D eigenvalue weighted by Gasteiger charge is -2.27. The lowest BCUT2D eigenvalue weighted by molar-refractivity contribution is -0.145. The quantitative estimate of drug-likeness (QED) is 0.500. The minimum absolute atomic E-state index is 0.437. The smallest absolute Gasteiger partial charge is 0.300 e. The zero-order chi connectivity index (χ0) is 15.3. The maximum Gasteiger partial charge on any atom is 0.336 e. The van der Waals surface area contributed by atoms with Crippen molar-refractivity contribution in [2.75, 3.05) is 14.1 Å². The van der Waals surface area contributed by atoms with Crippen molar-refractivity contribution < 1.29 is 14.4 Å². The Morgan fingerprint density at radius 1 is 0.850 bits per heavy atom. The molecule has 2 N–H and O–H groups in total. The minimum atomic E-state index is -0.751. The van der Waals surface area contributed by atoms with Gasteiger partial charge in [0.05, 0.1) is 12.3 Å². The van der Waals surface area contributed by atoms with E-state index in [4.69, 9.17) is 0 Å². The first-order chi connectivity index (χ1) is 9.53. The van der Waals surface area contributed by atoms with Gasteiger partial charge in [0.1, 0.15) is 0 Å². The second-order valence-corrected chi connectivity index (χ2v) is 4.82. The van der Waals surface area contributed by atoms with E-state index >= 15 is 0 Å². The molecule has 7 nitrogen and oxygen atoms in total. The van der Waals surface area contributed by atoms with Crippen molar-refractivity contribution in [3.63, 3.8) is 0 Å². The maximum absolute atomic E-state index is 12.4. The second-order valence-electron chi connectivity index (χ2n) is 4.82. The van der Waals surface area contributed by atoms with Gasteiger partial charge >= 0.3 is 17.8 Å². The van der Waals surface area contributed by atoms with Crippen LogP contribution < -0.4 is 10.6 Å². The molecule has 4 amide bonds. The van der Waals surface area contributed by atoms with Gasteiger partial charge in [-0.15, -0.1) is 0 Å². The van der Waals surface area contributed by atoms with Crippen LogP contribution in [0.2, 0.25) is 0 Å². The van der Waals surface area contributed by atoms with Gasteiger partial charge in [-0.05, 0) is 26.9 Å². The minimum Gasteiger partial charge on any atom is -0.300 e. The van der Waals surface area contributed by atoms with Crippen molar-refractivity contribution in [3.8, 4) is 0 Å². The zero-order valence-corrected chi connectivity index (χ0v) is 12.6. The molecule has 0 radical (unpaired) electrons. The summed E-state index contributed by atoms with van der Waals surface area (Å²) in [4.78, 5) is 38.6. The van der Waals surface area contributed by atoms with Crippen molar-refractivity contribution >= 4 is 17.8 Å². The fraction of sp³-hybridized carbons (Fsp3) is 0.769. The van der Waals surface area contributed by atoms with Gasteiger partial charge in [-0.25, -0.2) is 14.6 Å². The summed E-state index contributed by atoms with van der Waals surface area (Å²) in [7, 11) is 3.35. The number of carbonyl (C=O) groups is 3. The van der Waals surface area contributed by atoms with Crippen LogP contribution in [0.1, 0.15) is 39.5 Å². The van der Waals surface area contributed by atoms with Gasteiger partial charge in [-0.2, -0.15) is 0 Å². The Kier molecular flexibility index (Phi) is 6.09. The van der Waals surface area contributed by atoms with Crippen molar-refractivity contribution in [3.05, 3.63) is 0 Å². The number of amides is 4. The molecule has 2 unspecified atom stereocenters.